The van der Waals surface area contributed by atoms with Crippen LogP contribution in [0.4, 0.5) is 11.4 Å². The standard InChI is InChI=1S/C12H17BrN2O2/c1-5-12(3,4)14-10-6-8(2)11(15(16)17)7-9(10)13/h6-7,14H,5H2,1-4H3. The van der Waals surface area contributed by atoms with Gasteiger partial charge in [-0.15, -0.1) is 0 Å². The molecule has 17 heavy (non-hydrogen) atoms. The second kappa shape index (κ2) is 5.04. The summed E-state index contributed by atoms with van der Waals surface area (Å²) >= 11 is 3.36. The van der Waals surface area contributed by atoms with Gasteiger partial charge in [0, 0.05) is 27.3 Å². The molecule has 5 heteroatoms. The van der Waals surface area contributed by atoms with Gasteiger partial charge in [0.1, 0.15) is 0 Å². The number of nitrogens with one attached hydrogen (secondary N) is 1. The van der Waals surface area contributed by atoms with Gasteiger partial charge in [-0.25, -0.2) is 0 Å². The summed E-state index contributed by atoms with van der Waals surface area (Å²) < 4.78 is 0.719. The van der Waals surface area contributed by atoms with Crippen molar-refractivity contribution in [1.82, 2.24) is 0 Å². The molecule has 0 amide bonds. The molecule has 0 saturated heterocycles. The van der Waals surface area contributed by atoms with Gasteiger partial charge in [0.2, 0.25) is 0 Å². The maximum Gasteiger partial charge on any atom is 0.273 e. The first-order valence-electron chi connectivity index (χ1n) is 5.49. The molecule has 0 heterocycles. The molecule has 0 aliphatic rings. The predicted octanol–water partition coefficient (Wildman–Crippen LogP) is 4.27. The molecule has 0 fully saturated rings. The van der Waals surface area contributed by atoms with E-state index in [0.29, 0.717) is 5.56 Å². The Bertz CT molecular complexity index is 444. The van der Waals surface area contributed by atoms with Gasteiger partial charge >= 0.3 is 0 Å². The number of anilines is 1. The van der Waals surface area contributed by atoms with Gasteiger partial charge in [0.05, 0.1) is 4.92 Å². The number of aryl methyl sites for hydroxylation is 1. The number of rotatable bonds is 4. The van der Waals surface area contributed by atoms with Crippen LogP contribution in [0, 0.1) is 17.0 Å². The molecule has 0 spiro atoms. The molecule has 0 unspecified atom stereocenters. The molecule has 1 rings (SSSR count). The minimum Gasteiger partial charge on any atom is -0.379 e. The van der Waals surface area contributed by atoms with Gasteiger partial charge in [-0.1, -0.05) is 6.92 Å². The van der Waals surface area contributed by atoms with Gasteiger partial charge in [0.25, 0.3) is 5.69 Å². The molecule has 1 N–H and O–H groups in total. The largest absolute Gasteiger partial charge is 0.379 e. The van der Waals surface area contributed by atoms with E-state index in [1.807, 2.05) is 0 Å². The lowest BCUT2D eigenvalue weighted by Gasteiger charge is -2.26. The van der Waals surface area contributed by atoms with E-state index in [2.05, 4.69) is 42.0 Å². The van der Waals surface area contributed by atoms with E-state index < -0.39 is 0 Å². The van der Waals surface area contributed by atoms with Crippen LogP contribution in [-0.4, -0.2) is 10.5 Å². The van der Waals surface area contributed by atoms with Crippen LogP contribution < -0.4 is 5.32 Å². The Morgan fingerprint density at radius 3 is 2.53 bits per heavy atom. The summed E-state index contributed by atoms with van der Waals surface area (Å²) in [6, 6.07) is 3.35. The van der Waals surface area contributed by atoms with Crippen molar-refractivity contribution in [3.05, 3.63) is 32.3 Å². The Morgan fingerprint density at radius 2 is 2.06 bits per heavy atom. The first kappa shape index (κ1) is 14.0. The highest BCUT2D eigenvalue weighted by Crippen LogP contribution is 2.32. The van der Waals surface area contributed by atoms with E-state index in [0.717, 1.165) is 16.6 Å². The molecule has 0 aliphatic carbocycles. The van der Waals surface area contributed by atoms with Gasteiger partial charge in [-0.3, -0.25) is 10.1 Å². The topological polar surface area (TPSA) is 55.2 Å². The fraction of sp³-hybridized carbons (Fsp3) is 0.500. The van der Waals surface area contributed by atoms with E-state index in [4.69, 9.17) is 0 Å². The van der Waals surface area contributed by atoms with Crippen molar-refractivity contribution in [2.45, 2.75) is 39.7 Å². The summed E-state index contributed by atoms with van der Waals surface area (Å²) in [7, 11) is 0. The Kier molecular flexibility index (Phi) is 4.14. The van der Waals surface area contributed by atoms with Crippen molar-refractivity contribution in [1.29, 1.82) is 0 Å². The zero-order valence-corrected chi connectivity index (χ0v) is 12.1. The minimum atomic E-state index is -0.366. The number of nitrogens with zero attached hydrogens (tertiary/aromatic N) is 1. The fourth-order valence-corrected chi connectivity index (χ4v) is 1.85. The first-order valence-corrected chi connectivity index (χ1v) is 6.29. The summed E-state index contributed by atoms with van der Waals surface area (Å²) in [5, 5.41) is 14.2. The van der Waals surface area contributed by atoms with Crippen LogP contribution in [0.3, 0.4) is 0 Å². The van der Waals surface area contributed by atoms with Crippen molar-refractivity contribution in [2.75, 3.05) is 5.32 Å². The second-order valence-corrected chi connectivity index (χ2v) is 5.59. The minimum absolute atomic E-state index is 0.0366. The Hall–Kier alpha value is -1.10. The van der Waals surface area contributed by atoms with Crippen molar-refractivity contribution in [3.63, 3.8) is 0 Å². The molecule has 0 bridgehead atoms. The maximum atomic E-state index is 10.8. The number of nitro benzene ring substituents is 1. The third-order valence-electron chi connectivity index (χ3n) is 2.84. The third-order valence-corrected chi connectivity index (χ3v) is 3.50. The third kappa shape index (κ3) is 3.43. The van der Waals surface area contributed by atoms with Crippen LogP contribution in [0.1, 0.15) is 32.8 Å². The second-order valence-electron chi connectivity index (χ2n) is 4.74. The van der Waals surface area contributed by atoms with E-state index in [9.17, 15) is 10.1 Å². The SMILES string of the molecule is CCC(C)(C)Nc1cc(C)c([N+](=O)[O-])cc1Br. The van der Waals surface area contributed by atoms with Crippen molar-refractivity contribution >= 4 is 27.3 Å². The van der Waals surface area contributed by atoms with Crippen LogP contribution in [-0.2, 0) is 0 Å². The normalized spacial score (nSPS) is 11.4. The highest BCUT2D eigenvalue weighted by atomic mass is 79.9. The number of hydrogen-bond donors (Lipinski definition) is 1. The summed E-state index contributed by atoms with van der Waals surface area (Å²) in [6.45, 7) is 8.03. The summed E-state index contributed by atoms with van der Waals surface area (Å²) in [4.78, 5) is 10.4. The molecule has 1 aromatic rings. The highest BCUT2D eigenvalue weighted by molar-refractivity contribution is 9.10. The summed E-state index contributed by atoms with van der Waals surface area (Å²) in [5.41, 5.74) is 1.65. The fourth-order valence-electron chi connectivity index (χ4n) is 1.42. The maximum absolute atomic E-state index is 10.8. The highest BCUT2D eigenvalue weighted by Gasteiger charge is 2.19. The molecule has 1 aromatic carbocycles. The monoisotopic (exact) mass is 300 g/mol. The number of hydrogen-bond acceptors (Lipinski definition) is 3. The van der Waals surface area contributed by atoms with E-state index in [1.165, 1.54) is 0 Å². The van der Waals surface area contributed by atoms with Crippen LogP contribution >= 0.6 is 15.9 Å². The van der Waals surface area contributed by atoms with Gasteiger partial charge in [-0.05, 0) is 49.2 Å². The van der Waals surface area contributed by atoms with Crippen LogP contribution in [0.15, 0.2) is 16.6 Å². The van der Waals surface area contributed by atoms with Crippen molar-refractivity contribution in [3.8, 4) is 0 Å². The lowest BCUT2D eigenvalue weighted by Crippen LogP contribution is -2.29. The summed E-state index contributed by atoms with van der Waals surface area (Å²) in [5.74, 6) is 0. The molecule has 94 valence electrons. The van der Waals surface area contributed by atoms with Gasteiger partial charge < -0.3 is 5.32 Å². The lowest BCUT2D eigenvalue weighted by atomic mass is 10.0. The number of benzene rings is 1. The Balaban J connectivity index is 3.12. The Morgan fingerprint density at radius 1 is 1.47 bits per heavy atom. The molecule has 0 radical (unpaired) electrons. The Labute approximate surface area is 110 Å². The molecule has 4 nitrogen and oxygen atoms in total. The van der Waals surface area contributed by atoms with E-state index in [1.54, 1.807) is 19.1 Å². The quantitative estimate of drug-likeness (QED) is 0.667. The van der Waals surface area contributed by atoms with Gasteiger partial charge in [0.15, 0.2) is 0 Å². The van der Waals surface area contributed by atoms with Crippen molar-refractivity contribution < 1.29 is 4.92 Å². The van der Waals surface area contributed by atoms with Crippen LogP contribution in [0.25, 0.3) is 0 Å². The van der Waals surface area contributed by atoms with Gasteiger partial charge in [-0.2, -0.15) is 0 Å². The van der Waals surface area contributed by atoms with Crippen LogP contribution in [0.2, 0.25) is 0 Å². The van der Waals surface area contributed by atoms with E-state index in [-0.39, 0.29) is 16.1 Å². The van der Waals surface area contributed by atoms with Crippen molar-refractivity contribution in [2.24, 2.45) is 0 Å². The molecule has 0 aliphatic heterocycles. The zero-order chi connectivity index (χ0) is 13.2. The molecular weight excluding hydrogens is 284 g/mol. The molecular formula is C12H17BrN2O2. The zero-order valence-electron chi connectivity index (χ0n) is 10.5. The molecule has 0 atom stereocenters. The average molecular weight is 301 g/mol. The predicted molar refractivity (Wildman–Crippen MR) is 73.5 cm³/mol. The van der Waals surface area contributed by atoms with E-state index >= 15 is 0 Å². The number of nitro groups is 1. The van der Waals surface area contributed by atoms with Crippen LogP contribution in [0.5, 0.6) is 0 Å². The molecule has 0 saturated carbocycles. The number of halogens is 1. The summed E-state index contributed by atoms with van der Waals surface area (Å²) in [6.07, 6.45) is 0.968. The smallest absolute Gasteiger partial charge is 0.273 e. The molecule has 0 aromatic heterocycles. The first-order chi connectivity index (χ1) is 7.76. The lowest BCUT2D eigenvalue weighted by molar-refractivity contribution is -0.385. The average Bonchev–Trinajstić information content (AvgIpc) is 2.22.